The smallest absolute Gasteiger partial charge is 0.232 e. The Hall–Kier alpha value is -2.17. The lowest BCUT2D eigenvalue weighted by Gasteiger charge is -2.16. The minimum atomic E-state index is 0.0892. The molecule has 1 saturated heterocycles. The van der Waals surface area contributed by atoms with E-state index in [9.17, 15) is 4.79 Å². The van der Waals surface area contributed by atoms with E-state index in [0.717, 1.165) is 19.4 Å². The molecule has 22 heavy (non-hydrogen) atoms. The first kappa shape index (κ1) is 13.5. The van der Waals surface area contributed by atoms with Crippen molar-refractivity contribution in [1.29, 1.82) is 0 Å². The van der Waals surface area contributed by atoms with E-state index in [1.165, 1.54) is 5.56 Å². The summed E-state index contributed by atoms with van der Waals surface area (Å²) in [4.78, 5) is 18.8. The van der Waals surface area contributed by atoms with Gasteiger partial charge in [-0.05, 0) is 25.3 Å². The molecule has 0 unspecified atom stereocenters. The average molecular weight is 297 g/mol. The molecule has 0 N–H and O–H groups in total. The molecule has 2 heterocycles. The highest BCUT2D eigenvalue weighted by Crippen LogP contribution is 2.41. The van der Waals surface area contributed by atoms with Crippen molar-refractivity contribution in [2.45, 2.75) is 31.6 Å². The summed E-state index contributed by atoms with van der Waals surface area (Å²) in [5.41, 5.74) is 1.23. The number of amides is 1. The van der Waals surface area contributed by atoms with Crippen LogP contribution in [0.15, 0.2) is 34.9 Å². The van der Waals surface area contributed by atoms with E-state index in [1.54, 1.807) is 0 Å². The van der Waals surface area contributed by atoms with Gasteiger partial charge in [0.2, 0.25) is 11.8 Å². The number of aromatic nitrogens is 2. The SMILES string of the molecule is Cc1noc([C@@H]2CN(C(=O)C3CC3)C[C@H]2c2ccccc2)n1. The topological polar surface area (TPSA) is 59.2 Å². The van der Waals surface area contributed by atoms with Gasteiger partial charge in [-0.3, -0.25) is 4.79 Å². The van der Waals surface area contributed by atoms with Crippen LogP contribution < -0.4 is 0 Å². The van der Waals surface area contributed by atoms with Crippen LogP contribution in [0.1, 0.15) is 42.0 Å². The normalized spacial score (nSPS) is 24.7. The summed E-state index contributed by atoms with van der Waals surface area (Å²) >= 11 is 0. The van der Waals surface area contributed by atoms with Crippen LogP contribution in [-0.4, -0.2) is 34.0 Å². The largest absolute Gasteiger partial charge is 0.341 e. The van der Waals surface area contributed by atoms with E-state index in [0.29, 0.717) is 24.2 Å². The average Bonchev–Trinajstić information content (AvgIpc) is 3.15. The number of carbonyl (C=O) groups is 1. The van der Waals surface area contributed by atoms with Crippen molar-refractivity contribution in [1.82, 2.24) is 15.0 Å². The number of hydrogen-bond donors (Lipinski definition) is 0. The Kier molecular flexibility index (Phi) is 3.21. The zero-order valence-electron chi connectivity index (χ0n) is 12.6. The van der Waals surface area contributed by atoms with Crippen LogP contribution in [0.5, 0.6) is 0 Å². The first-order chi connectivity index (χ1) is 10.7. The van der Waals surface area contributed by atoms with Crippen molar-refractivity contribution in [3.05, 3.63) is 47.6 Å². The fourth-order valence-corrected chi connectivity index (χ4v) is 3.32. The van der Waals surface area contributed by atoms with Crippen molar-refractivity contribution in [3.63, 3.8) is 0 Å². The minimum Gasteiger partial charge on any atom is -0.341 e. The van der Waals surface area contributed by atoms with Gasteiger partial charge in [0, 0.05) is 24.9 Å². The quantitative estimate of drug-likeness (QED) is 0.873. The Morgan fingerprint density at radius 2 is 1.91 bits per heavy atom. The predicted molar refractivity (Wildman–Crippen MR) is 80.3 cm³/mol. The lowest BCUT2D eigenvalue weighted by Crippen LogP contribution is -2.30. The van der Waals surface area contributed by atoms with Gasteiger partial charge in [0.15, 0.2) is 5.82 Å². The summed E-state index contributed by atoms with van der Waals surface area (Å²) in [6, 6.07) is 10.3. The van der Waals surface area contributed by atoms with Crippen molar-refractivity contribution < 1.29 is 9.32 Å². The van der Waals surface area contributed by atoms with E-state index in [2.05, 4.69) is 22.3 Å². The molecule has 1 amide bonds. The Morgan fingerprint density at radius 1 is 1.18 bits per heavy atom. The Bertz CT molecular complexity index is 678. The Morgan fingerprint density at radius 3 is 2.55 bits per heavy atom. The van der Waals surface area contributed by atoms with E-state index < -0.39 is 0 Å². The number of benzene rings is 1. The summed E-state index contributed by atoms with van der Waals surface area (Å²) in [6.07, 6.45) is 2.07. The summed E-state index contributed by atoms with van der Waals surface area (Å²) in [7, 11) is 0. The maximum absolute atomic E-state index is 12.4. The number of likely N-dealkylation sites (tertiary alicyclic amines) is 1. The third kappa shape index (κ3) is 2.40. The monoisotopic (exact) mass is 297 g/mol. The van der Waals surface area contributed by atoms with Gasteiger partial charge in [-0.2, -0.15) is 4.98 Å². The Balaban J connectivity index is 1.64. The number of aryl methyl sites for hydroxylation is 1. The molecular formula is C17H19N3O2. The van der Waals surface area contributed by atoms with Crippen molar-refractivity contribution in [3.8, 4) is 0 Å². The molecule has 1 saturated carbocycles. The van der Waals surface area contributed by atoms with E-state index >= 15 is 0 Å². The molecule has 2 fully saturated rings. The number of hydrogen-bond acceptors (Lipinski definition) is 4. The minimum absolute atomic E-state index is 0.0892. The number of carbonyl (C=O) groups excluding carboxylic acids is 1. The predicted octanol–water partition coefficient (Wildman–Crippen LogP) is 2.50. The van der Waals surface area contributed by atoms with Gasteiger partial charge in [-0.25, -0.2) is 0 Å². The standard InChI is InChI=1S/C17H19N3O2/c1-11-18-16(22-19-11)15-10-20(17(21)13-7-8-13)9-14(15)12-5-3-2-4-6-12/h2-6,13-15H,7-10H2,1H3/t14-,15+/m0/s1. The summed E-state index contributed by atoms with van der Waals surface area (Å²) < 4.78 is 5.41. The second kappa shape index (κ2) is 5.23. The van der Waals surface area contributed by atoms with Crippen LogP contribution in [0, 0.1) is 12.8 Å². The molecule has 5 nitrogen and oxygen atoms in total. The maximum atomic E-state index is 12.4. The lowest BCUT2D eigenvalue weighted by molar-refractivity contribution is -0.131. The maximum Gasteiger partial charge on any atom is 0.232 e. The third-order valence-corrected chi connectivity index (χ3v) is 4.65. The molecule has 4 rings (SSSR count). The van der Waals surface area contributed by atoms with Gasteiger partial charge < -0.3 is 9.42 Å². The molecule has 2 atom stereocenters. The molecule has 0 radical (unpaired) electrons. The molecule has 1 aromatic carbocycles. The van der Waals surface area contributed by atoms with Crippen molar-refractivity contribution in [2.75, 3.05) is 13.1 Å². The third-order valence-electron chi connectivity index (χ3n) is 4.65. The Labute approximate surface area is 129 Å². The van der Waals surface area contributed by atoms with Crippen molar-refractivity contribution in [2.24, 2.45) is 5.92 Å². The van der Waals surface area contributed by atoms with Gasteiger partial charge in [0.25, 0.3) is 0 Å². The molecule has 0 spiro atoms. The first-order valence-electron chi connectivity index (χ1n) is 7.86. The molecule has 2 aromatic rings. The highest BCUT2D eigenvalue weighted by atomic mass is 16.5. The van der Waals surface area contributed by atoms with Crippen LogP contribution in [0.4, 0.5) is 0 Å². The number of rotatable bonds is 3. The molecule has 5 heteroatoms. The zero-order chi connectivity index (χ0) is 15.1. The molecule has 1 aliphatic carbocycles. The summed E-state index contributed by atoms with van der Waals surface area (Å²) in [5, 5.41) is 3.92. The fraction of sp³-hybridized carbons (Fsp3) is 0.471. The molecular weight excluding hydrogens is 278 g/mol. The van der Waals surface area contributed by atoms with Crippen LogP contribution in [0.25, 0.3) is 0 Å². The summed E-state index contributed by atoms with van der Waals surface area (Å²) in [5.74, 6) is 2.15. The molecule has 0 bridgehead atoms. The van der Waals surface area contributed by atoms with Crippen LogP contribution in [0.3, 0.4) is 0 Å². The lowest BCUT2D eigenvalue weighted by atomic mass is 9.89. The fourth-order valence-electron chi connectivity index (χ4n) is 3.32. The second-order valence-corrected chi connectivity index (χ2v) is 6.32. The van der Waals surface area contributed by atoms with Gasteiger partial charge in [-0.1, -0.05) is 35.5 Å². The molecule has 1 aromatic heterocycles. The zero-order valence-corrected chi connectivity index (χ0v) is 12.6. The van der Waals surface area contributed by atoms with E-state index in [1.807, 2.05) is 30.0 Å². The molecule has 114 valence electrons. The first-order valence-corrected chi connectivity index (χ1v) is 7.86. The van der Waals surface area contributed by atoms with Crippen LogP contribution in [-0.2, 0) is 4.79 Å². The van der Waals surface area contributed by atoms with Crippen molar-refractivity contribution >= 4 is 5.91 Å². The van der Waals surface area contributed by atoms with E-state index in [4.69, 9.17) is 4.52 Å². The van der Waals surface area contributed by atoms with Gasteiger partial charge >= 0.3 is 0 Å². The van der Waals surface area contributed by atoms with E-state index in [-0.39, 0.29) is 17.8 Å². The van der Waals surface area contributed by atoms with Gasteiger partial charge in [0.1, 0.15) is 0 Å². The molecule has 1 aliphatic heterocycles. The highest BCUT2D eigenvalue weighted by Gasteiger charge is 2.43. The molecule has 2 aliphatic rings. The highest BCUT2D eigenvalue weighted by molar-refractivity contribution is 5.81. The summed E-state index contributed by atoms with van der Waals surface area (Å²) in [6.45, 7) is 3.24. The van der Waals surface area contributed by atoms with Crippen LogP contribution in [0.2, 0.25) is 0 Å². The number of nitrogens with zero attached hydrogens (tertiary/aromatic N) is 3. The van der Waals surface area contributed by atoms with Gasteiger partial charge in [-0.15, -0.1) is 0 Å². The van der Waals surface area contributed by atoms with Gasteiger partial charge in [0.05, 0.1) is 5.92 Å². The van der Waals surface area contributed by atoms with Crippen LogP contribution >= 0.6 is 0 Å². The second-order valence-electron chi connectivity index (χ2n) is 6.32.